The predicted molar refractivity (Wildman–Crippen MR) is 73.8 cm³/mol. The van der Waals surface area contributed by atoms with Crippen LogP contribution < -0.4 is 5.32 Å². The van der Waals surface area contributed by atoms with E-state index in [1.807, 2.05) is 28.8 Å². The first-order valence-corrected chi connectivity index (χ1v) is 6.71. The number of alkyl halides is 2. The number of aliphatic hydroxyl groups is 1. The van der Waals surface area contributed by atoms with Gasteiger partial charge in [-0.1, -0.05) is 19.1 Å². The molecule has 0 saturated carbocycles. The maximum atomic E-state index is 13.0. The van der Waals surface area contributed by atoms with Gasteiger partial charge in [0.2, 0.25) is 0 Å². The van der Waals surface area contributed by atoms with Crippen molar-refractivity contribution in [3.05, 3.63) is 30.1 Å². The van der Waals surface area contributed by atoms with E-state index in [2.05, 4.69) is 17.2 Å². The summed E-state index contributed by atoms with van der Waals surface area (Å²) < 4.78 is 28.0. The summed E-state index contributed by atoms with van der Waals surface area (Å²) in [7, 11) is 0. The monoisotopic (exact) mass is 283 g/mol. The van der Waals surface area contributed by atoms with Crippen LogP contribution in [0.25, 0.3) is 11.0 Å². The van der Waals surface area contributed by atoms with E-state index in [1.165, 1.54) is 0 Å². The Hall–Kier alpha value is -1.53. The van der Waals surface area contributed by atoms with Crippen molar-refractivity contribution in [2.45, 2.75) is 32.4 Å². The second-order valence-corrected chi connectivity index (χ2v) is 4.79. The van der Waals surface area contributed by atoms with E-state index in [9.17, 15) is 8.78 Å². The maximum Gasteiger partial charge on any atom is 0.282 e. The van der Waals surface area contributed by atoms with E-state index in [1.54, 1.807) is 0 Å². The van der Waals surface area contributed by atoms with Gasteiger partial charge in [-0.05, 0) is 18.6 Å². The lowest BCUT2D eigenvalue weighted by molar-refractivity contribution is -0.0478. The Kier molecular flexibility index (Phi) is 4.67. The summed E-state index contributed by atoms with van der Waals surface area (Å²) in [6.07, 6.45) is 0.945. The SMILES string of the molecule is CCCn1c(CNCC(F)(F)CO)nc2ccccc21. The van der Waals surface area contributed by atoms with E-state index in [-0.39, 0.29) is 6.54 Å². The lowest BCUT2D eigenvalue weighted by Crippen LogP contribution is -2.36. The summed E-state index contributed by atoms with van der Waals surface area (Å²) in [6.45, 7) is 1.41. The minimum Gasteiger partial charge on any atom is -0.390 e. The number of hydrogen-bond donors (Lipinski definition) is 2. The van der Waals surface area contributed by atoms with E-state index in [0.717, 1.165) is 29.8 Å². The van der Waals surface area contributed by atoms with Crippen molar-refractivity contribution >= 4 is 11.0 Å². The van der Waals surface area contributed by atoms with Crippen molar-refractivity contribution in [2.24, 2.45) is 0 Å². The fraction of sp³-hybridized carbons (Fsp3) is 0.500. The lowest BCUT2D eigenvalue weighted by Gasteiger charge is -2.14. The summed E-state index contributed by atoms with van der Waals surface area (Å²) in [4.78, 5) is 4.47. The van der Waals surface area contributed by atoms with Crippen molar-refractivity contribution in [2.75, 3.05) is 13.2 Å². The molecule has 2 rings (SSSR count). The van der Waals surface area contributed by atoms with Gasteiger partial charge in [0.1, 0.15) is 12.4 Å². The van der Waals surface area contributed by atoms with Gasteiger partial charge < -0.3 is 15.0 Å². The molecule has 0 spiro atoms. The number of fused-ring (bicyclic) bond motifs is 1. The maximum absolute atomic E-state index is 13.0. The Morgan fingerprint density at radius 1 is 1.35 bits per heavy atom. The number of aryl methyl sites for hydroxylation is 1. The third-order valence-corrected chi connectivity index (χ3v) is 3.08. The van der Waals surface area contributed by atoms with Crippen molar-refractivity contribution in [3.63, 3.8) is 0 Å². The average Bonchev–Trinajstić information content (AvgIpc) is 2.78. The van der Waals surface area contributed by atoms with E-state index in [4.69, 9.17) is 5.11 Å². The first-order chi connectivity index (χ1) is 9.57. The normalized spacial score (nSPS) is 12.2. The van der Waals surface area contributed by atoms with Crippen LogP contribution in [-0.2, 0) is 13.1 Å². The van der Waals surface area contributed by atoms with Crippen molar-refractivity contribution in [3.8, 4) is 0 Å². The van der Waals surface area contributed by atoms with Gasteiger partial charge in [-0.25, -0.2) is 13.8 Å². The minimum absolute atomic E-state index is 0.254. The number of para-hydroxylation sites is 2. The first-order valence-electron chi connectivity index (χ1n) is 6.71. The molecule has 4 nitrogen and oxygen atoms in total. The second-order valence-electron chi connectivity index (χ2n) is 4.79. The standard InChI is InChI=1S/C14H19F2N3O/c1-2-7-19-12-6-4-3-5-11(12)18-13(19)8-17-9-14(15,16)10-20/h3-6,17,20H,2,7-10H2,1H3. The van der Waals surface area contributed by atoms with Gasteiger partial charge in [0, 0.05) is 6.54 Å². The molecule has 0 atom stereocenters. The van der Waals surface area contributed by atoms with Gasteiger partial charge >= 0.3 is 0 Å². The van der Waals surface area contributed by atoms with Crippen molar-refractivity contribution < 1.29 is 13.9 Å². The minimum atomic E-state index is -3.10. The highest BCUT2D eigenvalue weighted by atomic mass is 19.3. The Bertz CT molecular complexity index is 569. The van der Waals surface area contributed by atoms with Crippen molar-refractivity contribution in [1.29, 1.82) is 0 Å². The van der Waals surface area contributed by atoms with Gasteiger partial charge in [-0.3, -0.25) is 0 Å². The fourth-order valence-corrected chi connectivity index (χ4v) is 2.15. The van der Waals surface area contributed by atoms with Gasteiger partial charge in [-0.15, -0.1) is 0 Å². The number of halogens is 2. The molecular weight excluding hydrogens is 264 g/mol. The van der Waals surface area contributed by atoms with Crippen LogP contribution in [0.1, 0.15) is 19.2 Å². The number of nitrogens with one attached hydrogen (secondary N) is 1. The van der Waals surface area contributed by atoms with Gasteiger partial charge in [0.15, 0.2) is 0 Å². The molecule has 0 bridgehead atoms. The van der Waals surface area contributed by atoms with Crippen molar-refractivity contribution in [1.82, 2.24) is 14.9 Å². The number of benzene rings is 1. The smallest absolute Gasteiger partial charge is 0.282 e. The van der Waals surface area contributed by atoms with Gasteiger partial charge in [0.05, 0.1) is 24.1 Å². The second kappa shape index (κ2) is 6.28. The quantitative estimate of drug-likeness (QED) is 0.818. The Labute approximate surface area is 116 Å². The zero-order valence-corrected chi connectivity index (χ0v) is 11.4. The molecule has 2 aromatic rings. The third-order valence-electron chi connectivity index (χ3n) is 3.08. The van der Waals surface area contributed by atoms with Crippen LogP contribution in [0.3, 0.4) is 0 Å². The van der Waals surface area contributed by atoms with E-state index < -0.39 is 19.1 Å². The lowest BCUT2D eigenvalue weighted by atomic mass is 10.3. The number of aliphatic hydroxyl groups excluding tert-OH is 1. The summed E-state index contributed by atoms with van der Waals surface area (Å²) >= 11 is 0. The topological polar surface area (TPSA) is 50.1 Å². The molecule has 0 amide bonds. The fourth-order valence-electron chi connectivity index (χ4n) is 2.15. The molecule has 1 heterocycles. The molecule has 6 heteroatoms. The molecule has 0 fully saturated rings. The summed E-state index contributed by atoms with van der Waals surface area (Å²) in [5.74, 6) is -2.36. The first kappa shape index (κ1) is 14.9. The number of hydrogen-bond acceptors (Lipinski definition) is 3. The molecule has 1 aromatic heterocycles. The predicted octanol–water partition coefficient (Wildman–Crippen LogP) is 2.16. The highest BCUT2D eigenvalue weighted by Gasteiger charge is 2.27. The van der Waals surface area contributed by atoms with E-state index >= 15 is 0 Å². The van der Waals surface area contributed by atoms with E-state index in [0.29, 0.717) is 0 Å². The Morgan fingerprint density at radius 3 is 2.80 bits per heavy atom. The molecule has 2 N–H and O–H groups in total. The molecule has 1 aromatic carbocycles. The Balaban J connectivity index is 2.14. The summed E-state index contributed by atoms with van der Waals surface area (Å²) in [5, 5.41) is 11.2. The molecule has 0 aliphatic carbocycles. The van der Waals surface area contributed by atoms with Gasteiger partial charge in [-0.2, -0.15) is 0 Å². The number of aromatic nitrogens is 2. The molecule has 0 unspecified atom stereocenters. The zero-order valence-electron chi connectivity index (χ0n) is 11.4. The Morgan fingerprint density at radius 2 is 2.10 bits per heavy atom. The van der Waals surface area contributed by atoms with Crippen LogP contribution in [0.5, 0.6) is 0 Å². The number of nitrogens with zero attached hydrogens (tertiary/aromatic N) is 2. The molecule has 0 aliphatic heterocycles. The molecular formula is C14H19F2N3O. The highest BCUT2D eigenvalue weighted by Crippen LogP contribution is 2.17. The van der Waals surface area contributed by atoms with Crippen LogP contribution in [0.2, 0.25) is 0 Å². The highest BCUT2D eigenvalue weighted by molar-refractivity contribution is 5.75. The number of rotatable bonds is 7. The van der Waals surface area contributed by atoms with Crippen LogP contribution >= 0.6 is 0 Å². The van der Waals surface area contributed by atoms with Crippen LogP contribution in [0, 0.1) is 0 Å². The summed E-state index contributed by atoms with van der Waals surface area (Å²) in [5.41, 5.74) is 1.88. The zero-order chi connectivity index (χ0) is 14.6. The molecule has 0 aliphatic rings. The summed E-state index contributed by atoms with van der Waals surface area (Å²) in [6, 6.07) is 7.73. The molecule has 20 heavy (non-hydrogen) atoms. The van der Waals surface area contributed by atoms with Gasteiger partial charge in [0.25, 0.3) is 5.92 Å². The van der Waals surface area contributed by atoms with Crippen LogP contribution in [0.4, 0.5) is 8.78 Å². The largest absolute Gasteiger partial charge is 0.390 e. The van der Waals surface area contributed by atoms with Crippen LogP contribution in [-0.4, -0.2) is 33.7 Å². The van der Waals surface area contributed by atoms with Crippen LogP contribution in [0.15, 0.2) is 24.3 Å². The third kappa shape index (κ3) is 3.32. The average molecular weight is 283 g/mol. The molecule has 110 valence electrons. The molecule has 0 radical (unpaired) electrons. The number of imidazole rings is 1. The molecule has 0 saturated heterocycles.